The molecule has 0 aliphatic carbocycles. The van der Waals surface area contributed by atoms with Crippen LogP contribution in [-0.4, -0.2) is 31.8 Å². The van der Waals surface area contributed by atoms with E-state index < -0.39 is 0 Å². The van der Waals surface area contributed by atoms with Crippen molar-refractivity contribution in [1.29, 1.82) is 0 Å². The Hall–Kier alpha value is -1.55. The molecular formula is C14H19NO3. The Bertz CT molecular complexity index is 445. The summed E-state index contributed by atoms with van der Waals surface area (Å²) in [6.45, 7) is 4.81. The van der Waals surface area contributed by atoms with Crippen LogP contribution in [0.2, 0.25) is 0 Å². The van der Waals surface area contributed by atoms with Crippen molar-refractivity contribution in [2.45, 2.75) is 32.4 Å². The molecule has 4 nitrogen and oxygen atoms in total. The Morgan fingerprint density at radius 2 is 2.11 bits per heavy atom. The molecule has 98 valence electrons. The van der Waals surface area contributed by atoms with Gasteiger partial charge in [-0.2, -0.15) is 0 Å². The van der Waals surface area contributed by atoms with Crippen molar-refractivity contribution in [3.8, 4) is 5.75 Å². The minimum Gasteiger partial charge on any atom is -0.489 e. The number of benzene rings is 1. The predicted octanol–water partition coefficient (Wildman–Crippen LogP) is 1.59. The van der Waals surface area contributed by atoms with E-state index in [4.69, 9.17) is 9.47 Å². The first kappa shape index (κ1) is 12.9. The van der Waals surface area contributed by atoms with Crippen molar-refractivity contribution in [2.75, 3.05) is 13.7 Å². The molecule has 0 aromatic heterocycles. The summed E-state index contributed by atoms with van der Waals surface area (Å²) < 4.78 is 10.6. The maximum Gasteiger partial charge on any atom is 0.323 e. The summed E-state index contributed by atoms with van der Waals surface area (Å²) in [6.07, 6.45) is 0.677. The van der Waals surface area contributed by atoms with Crippen LogP contribution in [0.4, 0.5) is 0 Å². The van der Waals surface area contributed by atoms with E-state index >= 15 is 0 Å². The molecule has 0 amide bonds. The van der Waals surface area contributed by atoms with E-state index in [9.17, 15) is 4.79 Å². The number of aryl methyl sites for hydroxylation is 2. The van der Waals surface area contributed by atoms with Gasteiger partial charge < -0.3 is 14.8 Å². The molecule has 1 heterocycles. The molecule has 1 aromatic carbocycles. The number of nitrogens with one attached hydrogen (secondary N) is 1. The molecule has 1 aliphatic heterocycles. The van der Waals surface area contributed by atoms with E-state index in [1.54, 1.807) is 0 Å². The van der Waals surface area contributed by atoms with Crippen molar-refractivity contribution < 1.29 is 14.3 Å². The maximum atomic E-state index is 11.4. The van der Waals surface area contributed by atoms with E-state index in [-0.39, 0.29) is 18.1 Å². The van der Waals surface area contributed by atoms with Gasteiger partial charge in [0, 0.05) is 13.0 Å². The molecule has 4 heteroatoms. The highest BCUT2D eigenvalue weighted by Crippen LogP contribution is 2.20. The van der Waals surface area contributed by atoms with E-state index in [1.807, 2.05) is 18.2 Å². The lowest BCUT2D eigenvalue weighted by Crippen LogP contribution is -2.31. The van der Waals surface area contributed by atoms with Crippen molar-refractivity contribution >= 4 is 5.97 Å². The van der Waals surface area contributed by atoms with Crippen LogP contribution in [0.15, 0.2) is 18.2 Å². The van der Waals surface area contributed by atoms with Crippen LogP contribution in [0.25, 0.3) is 0 Å². The fraction of sp³-hybridized carbons (Fsp3) is 0.500. The molecule has 1 saturated heterocycles. The Labute approximate surface area is 107 Å². The molecule has 2 atom stereocenters. The van der Waals surface area contributed by atoms with E-state index in [2.05, 4.69) is 19.2 Å². The zero-order valence-electron chi connectivity index (χ0n) is 11.0. The molecule has 1 N–H and O–H groups in total. The van der Waals surface area contributed by atoms with Crippen LogP contribution >= 0.6 is 0 Å². The van der Waals surface area contributed by atoms with Crippen LogP contribution in [0.5, 0.6) is 5.75 Å². The van der Waals surface area contributed by atoms with Crippen molar-refractivity contribution in [3.05, 3.63) is 29.3 Å². The standard InChI is InChI=1S/C14H19NO3/c1-9-4-5-11(6-10(9)2)18-12-7-13(15-8-12)14(16)17-3/h4-6,12-13,15H,7-8H2,1-3H3/t12-,13-/m1/s1. The van der Waals surface area contributed by atoms with E-state index in [1.165, 1.54) is 18.2 Å². The molecule has 0 unspecified atom stereocenters. The second-order valence-corrected chi connectivity index (χ2v) is 4.71. The average Bonchev–Trinajstić information content (AvgIpc) is 2.81. The number of rotatable bonds is 3. The fourth-order valence-corrected chi connectivity index (χ4v) is 2.09. The van der Waals surface area contributed by atoms with Gasteiger partial charge >= 0.3 is 5.97 Å². The molecular weight excluding hydrogens is 230 g/mol. The third-order valence-corrected chi connectivity index (χ3v) is 3.36. The SMILES string of the molecule is COC(=O)[C@H]1C[C@@H](Oc2ccc(C)c(C)c2)CN1. The predicted molar refractivity (Wildman–Crippen MR) is 68.8 cm³/mol. The Balaban J connectivity index is 1.95. The van der Waals surface area contributed by atoms with E-state index in [0.29, 0.717) is 13.0 Å². The monoisotopic (exact) mass is 249 g/mol. The fourth-order valence-electron chi connectivity index (χ4n) is 2.09. The number of hydrogen-bond acceptors (Lipinski definition) is 4. The topological polar surface area (TPSA) is 47.6 Å². The maximum absolute atomic E-state index is 11.4. The van der Waals surface area contributed by atoms with Gasteiger partial charge in [0.1, 0.15) is 17.9 Å². The van der Waals surface area contributed by atoms with Crippen LogP contribution in [-0.2, 0) is 9.53 Å². The largest absolute Gasteiger partial charge is 0.489 e. The lowest BCUT2D eigenvalue weighted by molar-refractivity contribution is -0.142. The number of esters is 1. The normalized spacial score (nSPS) is 22.8. The van der Waals surface area contributed by atoms with Gasteiger partial charge in [0.15, 0.2) is 0 Å². The van der Waals surface area contributed by atoms with Gasteiger partial charge in [0.25, 0.3) is 0 Å². The highest BCUT2D eigenvalue weighted by atomic mass is 16.5. The number of hydrogen-bond donors (Lipinski definition) is 1. The third-order valence-electron chi connectivity index (χ3n) is 3.36. The Kier molecular flexibility index (Phi) is 3.87. The average molecular weight is 249 g/mol. The number of carbonyl (C=O) groups excluding carboxylic acids is 1. The lowest BCUT2D eigenvalue weighted by atomic mass is 10.1. The lowest BCUT2D eigenvalue weighted by Gasteiger charge is -2.14. The summed E-state index contributed by atoms with van der Waals surface area (Å²) in [6, 6.07) is 5.80. The van der Waals surface area contributed by atoms with Crippen molar-refractivity contribution in [1.82, 2.24) is 5.32 Å². The van der Waals surface area contributed by atoms with Crippen LogP contribution in [0.1, 0.15) is 17.5 Å². The molecule has 2 rings (SSSR count). The van der Waals surface area contributed by atoms with Crippen molar-refractivity contribution in [3.63, 3.8) is 0 Å². The summed E-state index contributed by atoms with van der Waals surface area (Å²) >= 11 is 0. The summed E-state index contributed by atoms with van der Waals surface area (Å²) in [5.41, 5.74) is 2.46. The molecule has 0 bridgehead atoms. The van der Waals surface area contributed by atoms with Gasteiger partial charge in [-0.3, -0.25) is 4.79 Å². The summed E-state index contributed by atoms with van der Waals surface area (Å²) in [5, 5.41) is 3.10. The number of methoxy groups -OCH3 is 1. The molecule has 0 spiro atoms. The second-order valence-electron chi connectivity index (χ2n) is 4.71. The van der Waals surface area contributed by atoms with Gasteiger partial charge in [-0.1, -0.05) is 6.07 Å². The minimum absolute atomic E-state index is 0.0243. The molecule has 0 radical (unpaired) electrons. The second kappa shape index (κ2) is 5.40. The van der Waals surface area contributed by atoms with Crippen LogP contribution in [0, 0.1) is 13.8 Å². The molecule has 0 saturated carbocycles. The van der Waals surface area contributed by atoms with Gasteiger partial charge in [-0.05, 0) is 37.1 Å². The highest BCUT2D eigenvalue weighted by Gasteiger charge is 2.31. The molecule has 18 heavy (non-hydrogen) atoms. The van der Waals surface area contributed by atoms with Gasteiger partial charge in [-0.25, -0.2) is 0 Å². The summed E-state index contributed by atoms with van der Waals surface area (Å²) in [5.74, 6) is 0.636. The first-order chi connectivity index (χ1) is 8.60. The Morgan fingerprint density at radius 1 is 1.33 bits per heavy atom. The van der Waals surface area contributed by atoms with Gasteiger partial charge in [0.2, 0.25) is 0 Å². The smallest absolute Gasteiger partial charge is 0.323 e. The van der Waals surface area contributed by atoms with Gasteiger partial charge in [-0.15, -0.1) is 0 Å². The minimum atomic E-state index is -0.244. The number of carbonyl (C=O) groups is 1. The first-order valence-electron chi connectivity index (χ1n) is 6.15. The van der Waals surface area contributed by atoms with Crippen LogP contribution in [0.3, 0.4) is 0 Å². The highest BCUT2D eigenvalue weighted by molar-refractivity contribution is 5.76. The molecule has 1 fully saturated rings. The quantitative estimate of drug-likeness (QED) is 0.826. The van der Waals surface area contributed by atoms with Crippen molar-refractivity contribution in [2.24, 2.45) is 0 Å². The zero-order chi connectivity index (χ0) is 13.1. The first-order valence-corrected chi connectivity index (χ1v) is 6.15. The van der Waals surface area contributed by atoms with Crippen LogP contribution < -0.4 is 10.1 Å². The molecule has 1 aromatic rings. The van der Waals surface area contributed by atoms with E-state index in [0.717, 1.165) is 5.75 Å². The number of ether oxygens (including phenoxy) is 2. The zero-order valence-corrected chi connectivity index (χ0v) is 11.0. The summed E-state index contributed by atoms with van der Waals surface area (Å²) in [7, 11) is 1.40. The third kappa shape index (κ3) is 2.82. The Morgan fingerprint density at radius 3 is 2.78 bits per heavy atom. The summed E-state index contributed by atoms with van der Waals surface area (Å²) in [4.78, 5) is 11.4. The van der Waals surface area contributed by atoms with Gasteiger partial charge in [0.05, 0.1) is 7.11 Å². The molecule has 1 aliphatic rings.